The van der Waals surface area contributed by atoms with E-state index in [2.05, 4.69) is 25.8 Å². The van der Waals surface area contributed by atoms with E-state index in [0.29, 0.717) is 0 Å². The average Bonchev–Trinajstić information content (AvgIpc) is 2.93. The minimum atomic E-state index is 0. The van der Waals surface area contributed by atoms with E-state index in [1.807, 2.05) is 38.1 Å². The van der Waals surface area contributed by atoms with Crippen LogP contribution in [0.25, 0.3) is 0 Å². The number of hydrogen-bond acceptors (Lipinski definition) is 2. The number of aliphatic imine (C=N–C) groups is 1. The van der Waals surface area contributed by atoms with Crippen molar-refractivity contribution in [3.8, 4) is 0 Å². The van der Waals surface area contributed by atoms with Crippen LogP contribution in [0.1, 0.15) is 19.5 Å². The van der Waals surface area contributed by atoms with Gasteiger partial charge < -0.3 is 19.7 Å². The number of piperazine rings is 1. The van der Waals surface area contributed by atoms with E-state index in [-0.39, 0.29) is 35.8 Å². The van der Waals surface area contributed by atoms with Crippen LogP contribution in [0.15, 0.2) is 23.3 Å². The van der Waals surface area contributed by atoms with E-state index >= 15 is 0 Å². The number of guanidine groups is 1. The first-order valence-electron chi connectivity index (χ1n) is 7.87. The summed E-state index contributed by atoms with van der Waals surface area (Å²) in [7, 11) is 3.84. The highest BCUT2D eigenvalue weighted by atomic mass is 127. The molecule has 0 saturated carbocycles. The standard InChI is InChI=1S/C16H27N5O.HI/c1-13(2)15(22)20-8-10-21(11-9-20)16(17-3)18-12-14-6-5-7-19(14)4;/h5-7,13H,8-12H2,1-4H3,(H,17,18);1H. The number of aromatic nitrogens is 1. The SMILES string of the molecule is CN=C(NCc1cccn1C)N1CCN(C(=O)C(C)C)CC1.I. The summed E-state index contributed by atoms with van der Waals surface area (Å²) >= 11 is 0. The number of carbonyl (C=O) groups is 1. The molecule has 7 heteroatoms. The zero-order valence-corrected chi connectivity index (χ0v) is 16.8. The summed E-state index contributed by atoms with van der Waals surface area (Å²) in [5.74, 6) is 1.21. The Kier molecular flexibility index (Phi) is 7.87. The van der Waals surface area contributed by atoms with Crippen molar-refractivity contribution in [1.82, 2.24) is 19.7 Å². The molecule has 1 aromatic rings. The predicted molar refractivity (Wildman–Crippen MR) is 104 cm³/mol. The van der Waals surface area contributed by atoms with Gasteiger partial charge in [0.2, 0.25) is 5.91 Å². The number of rotatable bonds is 3. The van der Waals surface area contributed by atoms with Gasteiger partial charge in [-0.15, -0.1) is 24.0 Å². The normalized spacial score (nSPS) is 15.6. The first kappa shape index (κ1) is 19.8. The van der Waals surface area contributed by atoms with E-state index in [1.54, 1.807) is 7.05 Å². The minimum absolute atomic E-state index is 0. The second kappa shape index (κ2) is 9.14. The molecule has 2 heterocycles. The average molecular weight is 433 g/mol. The van der Waals surface area contributed by atoms with E-state index in [4.69, 9.17) is 0 Å². The van der Waals surface area contributed by atoms with Gasteiger partial charge in [-0.25, -0.2) is 0 Å². The molecule has 1 fully saturated rings. The van der Waals surface area contributed by atoms with E-state index in [0.717, 1.165) is 38.7 Å². The minimum Gasteiger partial charge on any atom is -0.353 e. The Labute approximate surface area is 155 Å². The molecular weight excluding hydrogens is 405 g/mol. The molecule has 0 atom stereocenters. The summed E-state index contributed by atoms with van der Waals surface area (Å²) in [5.41, 5.74) is 1.22. The molecule has 0 aromatic carbocycles. The largest absolute Gasteiger partial charge is 0.353 e. The highest BCUT2D eigenvalue weighted by molar-refractivity contribution is 14.0. The summed E-state index contributed by atoms with van der Waals surface area (Å²) in [6.45, 7) is 7.84. The lowest BCUT2D eigenvalue weighted by Crippen LogP contribution is -2.54. The van der Waals surface area contributed by atoms with Crippen molar-refractivity contribution in [2.75, 3.05) is 33.2 Å². The van der Waals surface area contributed by atoms with Crippen LogP contribution >= 0.6 is 24.0 Å². The van der Waals surface area contributed by atoms with Gasteiger partial charge in [-0.2, -0.15) is 0 Å². The molecule has 130 valence electrons. The van der Waals surface area contributed by atoms with E-state index < -0.39 is 0 Å². The Hall–Kier alpha value is -1.25. The zero-order valence-electron chi connectivity index (χ0n) is 14.5. The third-order valence-electron chi connectivity index (χ3n) is 4.08. The Morgan fingerprint density at radius 1 is 1.26 bits per heavy atom. The molecule has 0 aliphatic carbocycles. The highest BCUT2D eigenvalue weighted by Gasteiger charge is 2.24. The summed E-state index contributed by atoms with van der Waals surface area (Å²) in [6, 6.07) is 4.13. The maximum atomic E-state index is 12.0. The highest BCUT2D eigenvalue weighted by Crippen LogP contribution is 2.08. The van der Waals surface area contributed by atoms with Crippen molar-refractivity contribution in [2.45, 2.75) is 20.4 Å². The molecule has 1 amide bonds. The first-order chi connectivity index (χ1) is 10.5. The topological polar surface area (TPSA) is 52.9 Å². The summed E-state index contributed by atoms with van der Waals surface area (Å²) in [5, 5.41) is 3.40. The van der Waals surface area contributed by atoms with Crippen LogP contribution in [0.5, 0.6) is 0 Å². The summed E-state index contributed by atoms with van der Waals surface area (Å²) in [4.78, 5) is 20.6. The van der Waals surface area contributed by atoms with E-state index in [9.17, 15) is 4.79 Å². The molecule has 0 bridgehead atoms. The fourth-order valence-corrected chi connectivity index (χ4v) is 2.69. The van der Waals surface area contributed by atoms with Crippen molar-refractivity contribution in [2.24, 2.45) is 18.0 Å². The lowest BCUT2D eigenvalue weighted by atomic mass is 10.1. The Morgan fingerprint density at radius 2 is 1.87 bits per heavy atom. The quantitative estimate of drug-likeness (QED) is 0.447. The molecule has 1 aliphatic heterocycles. The third-order valence-corrected chi connectivity index (χ3v) is 4.08. The number of amides is 1. The van der Waals surface area contributed by atoms with Crippen molar-refractivity contribution >= 4 is 35.8 Å². The third kappa shape index (κ3) is 5.12. The number of nitrogens with zero attached hydrogens (tertiary/aromatic N) is 4. The van der Waals surface area contributed by atoms with Crippen molar-refractivity contribution in [3.63, 3.8) is 0 Å². The van der Waals surface area contributed by atoms with Gasteiger partial charge in [-0.05, 0) is 12.1 Å². The molecule has 1 aromatic heterocycles. The Bertz CT molecular complexity index is 532. The number of halogens is 1. The number of aryl methyl sites for hydroxylation is 1. The van der Waals surface area contributed by atoms with Crippen molar-refractivity contribution in [1.29, 1.82) is 0 Å². The molecule has 0 unspecified atom stereocenters. The smallest absolute Gasteiger partial charge is 0.225 e. The Morgan fingerprint density at radius 3 is 2.35 bits per heavy atom. The van der Waals surface area contributed by atoms with Gasteiger partial charge in [0.1, 0.15) is 0 Å². The van der Waals surface area contributed by atoms with Gasteiger partial charge in [-0.3, -0.25) is 9.79 Å². The maximum Gasteiger partial charge on any atom is 0.225 e. The van der Waals surface area contributed by atoms with Gasteiger partial charge in [0.25, 0.3) is 0 Å². The van der Waals surface area contributed by atoms with Gasteiger partial charge in [0.15, 0.2) is 5.96 Å². The van der Waals surface area contributed by atoms with Crippen LogP contribution in [0.2, 0.25) is 0 Å². The van der Waals surface area contributed by atoms with Crippen LogP contribution in [0.4, 0.5) is 0 Å². The number of nitrogens with one attached hydrogen (secondary N) is 1. The van der Waals surface area contributed by atoms with Crippen LogP contribution < -0.4 is 5.32 Å². The fourth-order valence-electron chi connectivity index (χ4n) is 2.69. The van der Waals surface area contributed by atoms with Gasteiger partial charge >= 0.3 is 0 Å². The molecular formula is C16H28IN5O. The number of hydrogen-bond donors (Lipinski definition) is 1. The van der Waals surface area contributed by atoms with Crippen LogP contribution in [0, 0.1) is 5.92 Å². The van der Waals surface area contributed by atoms with Crippen molar-refractivity contribution in [3.05, 3.63) is 24.0 Å². The number of carbonyl (C=O) groups excluding carboxylic acids is 1. The molecule has 0 spiro atoms. The molecule has 23 heavy (non-hydrogen) atoms. The molecule has 2 rings (SSSR count). The molecule has 0 radical (unpaired) electrons. The molecule has 1 N–H and O–H groups in total. The predicted octanol–water partition coefficient (Wildman–Crippen LogP) is 1.52. The first-order valence-corrected chi connectivity index (χ1v) is 7.87. The zero-order chi connectivity index (χ0) is 16.1. The lowest BCUT2D eigenvalue weighted by molar-refractivity contribution is -0.135. The second-order valence-electron chi connectivity index (χ2n) is 5.98. The van der Waals surface area contributed by atoms with Gasteiger partial charge in [0, 0.05) is 58.1 Å². The van der Waals surface area contributed by atoms with Crippen LogP contribution in [-0.2, 0) is 18.4 Å². The van der Waals surface area contributed by atoms with E-state index in [1.165, 1.54) is 5.69 Å². The second-order valence-corrected chi connectivity index (χ2v) is 5.98. The van der Waals surface area contributed by atoms with Crippen LogP contribution in [0.3, 0.4) is 0 Å². The van der Waals surface area contributed by atoms with Crippen molar-refractivity contribution < 1.29 is 4.79 Å². The van der Waals surface area contributed by atoms with Crippen LogP contribution in [-0.4, -0.2) is 59.5 Å². The molecule has 1 saturated heterocycles. The molecule has 6 nitrogen and oxygen atoms in total. The maximum absolute atomic E-state index is 12.0. The van der Waals surface area contributed by atoms with Gasteiger partial charge in [-0.1, -0.05) is 13.8 Å². The Balaban J connectivity index is 0.00000264. The summed E-state index contributed by atoms with van der Waals surface area (Å²) < 4.78 is 2.10. The fraction of sp³-hybridized carbons (Fsp3) is 0.625. The van der Waals surface area contributed by atoms with Gasteiger partial charge in [0.05, 0.1) is 6.54 Å². The molecule has 1 aliphatic rings. The summed E-state index contributed by atoms with van der Waals surface area (Å²) in [6.07, 6.45) is 2.04. The lowest BCUT2D eigenvalue weighted by Gasteiger charge is -2.37. The monoisotopic (exact) mass is 433 g/mol.